The van der Waals surface area contributed by atoms with Crippen LogP contribution < -0.4 is 30.0 Å². The molecule has 0 saturated carbocycles. The number of rotatable bonds is 10. The van der Waals surface area contributed by atoms with E-state index < -0.39 is 6.04 Å². The van der Waals surface area contributed by atoms with Crippen LogP contribution in [0.1, 0.15) is 12.8 Å². The highest BCUT2D eigenvalue weighted by Crippen LogP contribution is 2.40. The van der Waals surface area contributed by atoms with Gasteiger partial charge in [0.25, 0.3) is 5.91 Å². The number of nitrogens with zero attached hydrogens (tertiary/aromatic N) is 4. The Labute approximate surface area is 208 Å². The summed E-state index contributed by atoms with van der Waals surface area (Å²) in [4.78, 5) is 17.0. The highest BCUT2D eigenvalue weighted by molar-refractivity contribution is 5.96. The van der Waals surface area contributed by atoms with Gasteiger partial charge in [-0.1, -0.05) is 5.21 Å². The second-order valence-corrected chi connectivity index (χ2v) is 8.04. The molecule has 1 atom stereocenters. The van der Waals surface area contributed by atoms with Crippen molar-refractivity contribution < 1.29 is 29.5 Å². The third-order valence-electron chi connectivity index (χ3n) is 5.79. The van der Waals surface area contributed by atoms with Gasteiger partial charge in [0.15, 0.2) is 17.5 Å². The van der Waals surface area contributed by atoms with Gasteiger partial charge in [-0.3, -0.25) is 9.79 Å². The number of quaternary nitrogens is 1. The van der Waals surface area contributed by atoms with Gasteiger partial charge >= 0.3 is 0 Å². The van der Waals surface area contributed by atoms with Crippen molar-refractivity contribution in [2.45, 2.75) is 18.9 Å². The van der Waals surface area contributed by atoms with Gasteiger partial charge in [0.2, 0.25) is 5.75 Å². The first-order valence-corrected chi connectivity index (χ1v) is 11.2. The quantitative estimate of drug-likeness (QED) is 0.442. The van der Waals surface area contributed by atoms with Crippen LogP contribution in [0.15, 0.2) is 53.3 Å². The van der Waals surface area contributed by atoms with E-state index in [1.165, 1.54) is 0 Å². The normalized spacial score (nSPS) is 13.2. The zero-order chi connectivity index (χ0) is 25.7. The topological polar surface area (TPSA) is 137 Å². The first kappa shape index (κ1) is 24.7. The second-order valence-electron chi connectivity index (χ2n) is 8.04. The van der Waals surface area contributed by atoms with Crippen LogP contribution >= 0.6 is 0 Å². The molecule has 1 unspecified atom stereocenters. The standard InChI is InChI=1S/C25H28N6O5/c1-33-21-6-5-16(10-19(21)29-25(32)18(26)9-15-7-8-27-13-15)20-14-28-30-31(20)17-11-22(34-2)24(36-4)23(12-17)35-3/h5-6,8,10-14,18H,7,9,26H2,1-4H3,(H,29,32)/p+1. The number of aromatic nitrogens is 3. The number of ether oxygens (including phenoxy) is 4. The summed E-state index contributed by atoms with van der Waals surface area (Å²) in [6, 6.07) is 8.54. The SMILES string of the molecule is COc1ccc(-c2cnnn2-c2cc(OC)c(OC)c(OC)c2)cc1NC(=O)C([NH3+])CC1=CN=CC1. The first-order valence-electron chi connectivity index (χ1n) is 11.2. The molecule has 0 bridgehead atoms. The fourth-order valence-corrected chi connectivity index (χ4v) is 3.94. The van der Waals surface area contributed by atoms with E-state index in [1.807, 2.05) is 18.3 Å². The molecule has 2 heterocycles. The Morgan fingerprint density at radius 3 is 2.39 bits per heavy atom. The number of benzene rings is 2. The largest absolute Gasteiger partial charge is 0.495 e. The second kappa shape index (κ2) is 10.9. The van der Waals surface area contributed by atoms with Crippen LogP contribution in [-0.2, 0) is 4.79 Å². The van der Waals surface area contributed by atoms with Crippen molar-refractivity contribution in [2.75, 3.05) is 33.8 Å². The maximum atomic E-state index is 12.9. The van der Waals surface area contributed by atoms with Crippen LogP contribution in [0.5, 0.6) is 23.0 Å². The monoisotopic (exact) mass is 493 g/mol. The fourth-order valence-electron chi connectivity index (χ4n) is 3.94. The third kappa shape index (κ3) is 5.01. The van der Waals surface area contributed by atoms with Crippen LogP contribution in [0.2, 0.25) is 0 Å². The zero-order valence-corrected chi connectivity index (χ0v) is 20.6. The summed E-state index contributed by atoms with van der Waals surface area (Å²) >= 11 is 0. The van der Waals surface area contributed by atoms with Crippen molar-refractivity contribution in [1.29, 1.82) is 0 Å². The number of carbonyl (C=O) groups excluding carboxylic acids is 1. The summed E-state index contributed by atoms with van der Waals surface area (Å²) in [7, 11) is 6.19. The van der Waals surface area contributed by atoms with Gasteiger partial charge in [-0.25, -0.2) is 4.68 Å². The van der Waals surface area contributed by atoms with Crippen molar-refractivity contribution >= 4 is 17.8 Å². The molecule has 1 amide bonds. The number of hydrogen-bond donors (Lipinski definition) is 2. The van der Waals surface area contributed by atoms with E-state index in [4.69, 9.17) is 18.9 Å². The third-order valence-corrected chi connectivity index (χ3v) is 5.79. The lowest BCUT2D eigenvalue weighted by Crippen LogP contribution is -2.66. The van der Waals surface area contributed by atoms with Gasteiger partial charge in [-0.05, 0) is 23.8 Å². The number of anilines is 1. The summed E-state index contributed by atoms with van der Waals surface area (Å²) in [6.07, 6.45) is 6.51. The Morgan fingerprint density at radius 1 is 1.06 bits per heavy atom. The van der Waals surface area contributed by atoms with E-state index >= 15 is 0 Å². The van der Waals surface area contributed by atoms with E-state index in [-0.39, 0.29) is 5.91 Å². The lowest BCUT2D eigenvalue weighted by molar-refractivity contribution is -0.401. The molecule has 1 aliphatic heterocycles. The smallest absolute Gasteiger partial charge is 0.282 e. The molecular formula is C25H29N6O5+. The summed E-state index contributed by atoms with van der Waals surface area (Å²) in [5.41, 5.74) is 7.71. The molecule has 4 N–H and O–H groups in total. The van der Waals surface area contributed by atoms with Gasteiger partial charge in [-0.15, -0.1) is 5.10 Å². The number of aliphatic imine (C=N–C) groups is 1. The lowest BCUT2D eigenvalue weighted by atomic mass is 10.1. The van der Waals surface area contributed by atoms with Crippen molar-refractivity contribution in [3.63, 3.8) is 0 Å². The van der Waals surface area contributed by atoms with Crippen LogP contribution in [0.4, 0.5) is 5.69 Å². The predicted molar refractivity (Wildman–Crippen MR) is 134 cm³/mol. The maximum absolute atomic E-state index is 12.9. The van der Waals surface area contributed by atoms with Gasteiger partial charge in [0, 0.05) is 43.0 Å². The lowest BCUT2D eigenvalue weighted by Gasteiger charge is -2.16. The number of methoxy groups -OCH3 is 4. The molecule has 3 aromatic rings. The molecule has 0 fully saturated rings. The van der Waals surface area contributed by atoms with E-state index in [1.54, 1.807) is 63.7 Å². The molecule has 1 aliphatic rings. The van der Waals surface area contributed by atoms with Crippen LogP contribution in [-0.4, -0.2) is 61.6 Å². The summed E-state index contributed by atoms with van der Waals surface area (Å²) in [6.45, 7) is 0. The number of carbonyl (C=O) groups is 1. The zero-order valence-electron chi connectivity index (χ0n) is 20.6. The Balaban J connectivity index is 1.66. The predicted octanol–water partition coefficient (Wildman–Crippen LogP) is 2.27. The number of nitrogens with one attached hydrogen (secondary N) is 1. The average Bonchev–Trinajstić information content (AvgIpc) is 3.60. The molecule has 36 heavy (non-hydrogen) atoms. The summed E-state index contributed by atoms with van der Waals surface area (Å²) < 4.78 is 23.5. The van der Waals surface area contributed by atoms with Crippen molar-refractivity contribution in [3.8, 4) is 39.9 Å². The Hall–Kier alpha value is -4.38. The molecule has 11 nitrogen and oxygen atoms in total. The van der Waals surface area contributed by atoms with Gasteiger partial charge in [0.05, 0.1) is 51.7 Å². The molecule has 1 aromatic heterocycles. The minimum absolute atomic E-state index is 0.213. The van der Waals surface area contributed by atoms with Crippen LogP contribution in [0.25, 0.3) is 16.9 Å². The molecule has 0 spiro atoms. The Bertz CT molecular complexity index is 1290. The first-order chi connectivity index (χ1) is 17.5. The number of amides is 1. The Kier molecular flexibility index (Phi) is 7.50. The van der Waals surface area contributed by atoms with E-state index in [2.05, 4.69) is 26.4 Å². The van der Waals surface area contributed by atoms with E-state index in [0.717, 1.165) is 17.6 Å². The maximum Gasteiger partial charge on any atom is 0.282 e. The fraction of sp³-hybridized carbons (Fsp3) is 0.280. The minimum atomic E-state index is -0.474. The summed E-state index contributed by atoms with van der Waals surface area (Å²) in [5.74, 6) is 1.76. The van der Waals surface area contributed by atoms with Gasteiger partial charge in [0.1, 0.15) is 5.75 Å². The number of hydrogen-bond acceptors (Lipinski definition) is 8. The minimum Gasteiger partial charge on any atom is -0.495 e. The summed E-state index contributed by atoms with van der Waals surface area (Å²) in [5, 5.41) is 11.3. The van der Waals surface area contributed by atoms with E-state index in [9.17, 15) is 4.79 Å². The molecule has 0 radical (unpaired) electrons. The molecule has 4 rings (SSSR count). The highest BCUT2D eigenvalue weighted by atomic mass is 16.5. The van der Waals surface area contributed by atoms with Crippen molar-refractivity contribution in [2.24, 2.45) is 4.99 Å². The molecule has 188 valence electrons. The van der Waals surface area contributed by atoms with Crippen molar-refractivity contribution in [3.05, 3.63) is 48.3 Å². The average molecular weight is 494 g/mol. The molecule has 0 saturated heterocycles. The van der Waals surface area contributed by atoms with Crippen LogP contribution in [0.3, 0.4) is 0 Å². The van der Waals surface area contributed by atoms with Crippen molar-refractivity contribution in [1.82, 2.24) is 15.0 Å². The molecule has 2 aromatic carbocycles. The molecule has 11 heteroatoms. The van der Waals surface area contributed by atoms with Gasteiger partial charge < -0.3 is 30.0 Å². The molecule has 0 aliphatic carbocycles. The highest BCUT2D eigenvalue weighted by Gasteiger charge is 2.22. The van der Waals surface area contributed by atoms with Crippen LogP contribution in [0, 0.1) is 0 Å². The Morgan fingerprint density at radius 2 is 1.78 bits per heavy atom. The van der Waals surface area contributed by atoms with E-state index in [0.29, 0.717) is 46.5 Å². The molecular weight excluding hydrogens is 464 g/mol. The van der Waals surface area contributed by atoms with Gasteiger partial charge in [-0.2, -0.15) is 0 Å².